The fourth-order valence-electron chi connectivity index (χ4n) is 2.33. The molecule has 0 saturated heterocycles. The van der Waals surface area contributed by atoms with Crippen LogP contribution >= 0.6 is 0 Å². The lowest BCUT2D eigenvalue weighted by Gasteiger charge is -2.23. The second-order valence-electron chi connectivity index (χ2n) is 4.73. The molecule has 1 unspecified atom stereocenters. The van der Waals surface area contributed by atoms with E-state index in [0.717, 1.165) is 0 Å². The second-order valence-corrected chi connectivity index (χ2v) is 4.73. The normalized spacial score (nSPS) is 26.1. The number of carbonyl (C=O) groups is 1. The molecule has 1 atom stereocenters. The van der Waals surface area contributed by atoms with Crippen LogP contribution in [0.4, 0.5) is 5.69 Å². The van der Waals surface area contributed by atoms with E-state index in [1.165, 1.54) is 5.01 Å². The summed E-state index contributed by atoms with van der Waals surface area (Å²) in [5.41, 5.74) is 0.369. The Labute approximate surface area is 110 Å². The molecule has 1 aromatic rings. The van der Waals surface area contributed by atoms with E-state index in [1.807, 2.05) is 18.2 Å². The lowest BCUT2D eigenvalue weighted by Crippen LogP contribution is -2.46. The summed E-state index contributed by atoms with van der Waals surface area (Å²) in [7, 11) is 0. The molecule has 1 aromatic carbocycles. The smallest absolute Gasteiger partial charge is 0.276 e. The number of hydrogen-bond acceptors (Lipinski definition) is 4. The van der Waals surface area contributed by atoms with E-state index in [1.54, 1.807) is 26.0 Å². The molecular formula is C13H13N3O3. The lowest BCUT2D eigenvalue weighted by molar-refractivity contribution is -0.742. The van der Waals surface area contributed by atoms with Gasteiger partial charge in [-0.25, -0.2) is 0 Å². The van der Waals surface area contributed by atoms with Gasteiger partial charge in [-0.1, -0.05) is 18.2 Å². The van der Waals surface area contributed by atoms with Crippen molar-refractivity contribution >= 4 is 23.0 Å². The van der Waals surface area contributed by atoms with E-state index >= 15 is 0 Å². The van der Waals surface area contributed by atoms with Crippen molar-refractivity contribution in [3.63, 3.8) is 0 Å². The number of para-hydroxylation sites is 1. The minimum absolute atomic E-state index is 0.244. The van der Waals surface area contributed by atoms with Gasteiger partial charge in [0.25, 0.3) is 5.91 Å². The number of anilines is 1. The summed E-state index contributed by atoms with van der Waals surface area (Å²) in [5, 5.41) is 17.0. The molecule has 3 rings (SSSR count). The number of benzene rings is 1. The highest BCUT2D eigenvalue weighted by atomic mass is 16.9. The van der Waals surface area contributed by atoms with Gasteiger partial charge < -0.3 is 4.84 Å². The average Bonchev–Trinajstić information content (AvgIpc) is 2.84. The van der Waals surface area contributed by atoms with E-state index in [9.17, 15) is 10.0 Å². The SMILES string of the molecule is CC1=NN(c2ccccc2)C(=O)C12CC(C)=[N+]([O-])O2. The van der Waals surface area contributed by atoms with Crippen LogP contribution < -0.4 is 5.01 Å². The van der Waals surface area contributed by atoms with Crippen molar-refractivity contribution in [1.29, 1.82) is 0 Å². The van der Waals surface area contributed by atoms with E-state index in [-0.39, 0.29) is 12.3 Å². The van der Waals surface area contributed by atoms with Crippen LogP contribution in [0.2, 0.25) is 0 Å². The van der Waals surface area contributed by atoms with Crippen LogP contribution in [-0.2, 0) is 9.63 Å². The molecule has 6 heteroatoms. The van der Waals surface area contributed by atoms with Gasteiger partial charge in [-0.2, -0.15) is 10.1 Å². The topological polar surface area (TPSA) is 68.0 Å². The molecule has 98 valence electrons. The van der Waals surface area contributed by atoms with Crippen LogP contribution in [-0.4, -0.2) is 27.8 Å². The molecule has 0 aliphatic carbocycles. The van der Waals surface area contributed by atoms with Crippen molar-refractivity contribution < 1.29 is 14.5 Å². The maximum Gasteiger partial charge on any atom is 0.276 e. The number of carbonyl (C=O) groups excluding carboxylic acids is 1. The largest absolute Gasteiger partial charge is 0.380 e. The average molecular weight is 259 g/mol. The van der Waals surface area contributed by atoms with E-state index in [2.05, 4.69) is 5.10 Å². The van der Waals surface area contributed by atoms with Gasteiger partial charge in [-0.05, 0) is 19.1 Å². The molecule has 0 fully saturated rings. The van der Waals surface area contributed by atoms with Crippen molar-refractivity contribution in [1.82, 2.24) is 0 Å². The molecule has 0 N–H and O–H groups in total. The zero-order valence-electron chi connectivity index (χ0n) is 10.7. The first-order valence-corrected chi connectivity index (χ1v) is 5.99. The Morgan fingerprint density at radius 3 is 2.63 bits per heavy atom. The monoisotopic (exact) mass is 259 g/mol. The molecule has 0 bridgehead atoms. The van der Waals surface area contributed by atoms with Crippen LogP contribution in [0.15, 0.2) is 35.4 Å². The lowest BCUT2D eigenvalue weighted by atomic mass is 9.93. The predicted molar refractivity (Wildman–Crippen MR) is 69.8 cm³/mol. The first kappa shape index (κ1) is 11.7. The summed E-state index contributed by atoms with van der Waals surface area (Å²) in [6, 6.07) is 9.08. The molecule has 2 heterocycles. The van der Waals surface area contributed by atoms with Gasteiger partial charge in [0, 0.05) is 11.8 Å². The van der Waals surface area contributed by atoms with E-state index in [0.29, 0.717) is 22.0 Å². The Balaban J connectivity index is 1.98. The molecule has 2 aliphatic rings. The Hall–Kier alpha value is -2.37. The quantitative estimate of drug-likeness (QED) is 0.717. The summed E-state index contributed by atoms with van der Waals surface area (Å²) in [6.45, 7) is 3.35. The third kappa shape index (κ3) is 1.53. The van der Waals surface area contributed by atoms with Gasteiger partial charge >= 0.3 is 0 Å². The number of rotatable bonds is 1. The van der Waals surface area contributed by atoms with Crippen LogP contribution in [0.1, 0.15) is 20.3 Å². The van der Waals surface area contributed by atoms with Crippen molar-refractivity contribution in [2.24, 2.45) is 5.10 Å². The first-order chi connectivity index (χ1) is 9.04. The molecule has 0 aromatic heterocycles. The second kappa shape index (κ2) is 3.81. The fourth-order valence-corrected chi connectivity index (χ4v) is 2.33. The van der Waals surface area contributed by atoms with Crippen molar-refractivity contribution in [3.05, 3.63) is 35.5 Å². The fraction of sp³-hybridized carbons (Fsp3) is 0.308. The van der Waals surface area contributed by atoms with Crippen LogP contribution in [0.5, 0.6) is 0 Å². The van der Waals surface area contributed by atoms with Gasteiger partial charge in [0.1, 0.15) is 0 Å². The molecule has 0 saturated carbocycles. The molecule has 6 nitrogen and oxygen atoms in total. The van der Waals surface area contributed by atoms with Crippen LogP contribution in [0, 0.1) is 5.21 Å². The minimum atomic E-state index is -1.26. The summed E-state index contributed by atoms with van der Waals surface area (Å²) >= 11 is 0. The Kier molecular flexibility index (Phi) is 2.35. The third-order valence-corrected chi connectivity index (χ3v) is 3.43. The van der Waals surface area contributed by atoms with E-state index in [4.69, 9.17) is 4.84 Å². The van der Waals surface area contributed by atoms with Gasteiger partial charge in [0.15, 0.2) is 0 Å². The standard InChI is InChI=1S/C13H13N3O3/c1-9-8-13(19-16(9)18)10(2)14-15(12(13)17)11-6-4-3-5-7-11/h3-7H,8H2,1-2H3. The summed E-state index contributed by atoms with van der Waals surface area (Å²) in [6.07, 6.45) is 0.244. The zero-order valence-corrected chi connectivity index (χ0v) is 10.7. The zero-order chi connectivity index (χ0) is 13.6. The van der Waals surface area contributed by atoms with Gasteiger partial charge in [-0.3, -0.25) is 10.0 Å². The highest BCUT2D eigenvalue weighted by molar-refractivity contribution is 6.23. The molecule has 0 radical (unpaired) electrons. The number of hydrogen-bond donors (Lipinski definition) is 0. The van der Waals surface area contributed by atoms with Crippen molar-refractivity contribution in [3.8, 4) is 0 Å². The van der Waals surface area contributed by atoms with Crippen LogP contribution in [0.25, 0.3) is 0 Å². The minimum Gasteiger partial charge on any atom is -0.380 e. The molecule has 19 heavy (non-hydrogen) atoms. The highest BCUT2D eigenvalue weighted by Crippen LogP contribution is 2.34. The van der Waals surface area contributed by atoms with Gasteiger partial charge in [0.05, 0.1) is 17.8 Å². The highest BCUT2D eigenvalue weighted by Gasteiger charge is 2.55. The van der Waals surface area contributed by atoms with Crippen molar-refractivity contribution in [2.45, 2.75) is 25.9 Å². The molecule has 1 amide bonds. The Morgan fingerprint density at radius 1 is 1.37 bits per heavy atom. The first-order valence-electron chi connectivity index (χ1n) is 5.99. The predicted octanol–water partition coefficient (Wildman–Crippen LogP) is 1.45. The Morgan fingerprint density at radius 2 is 2.05 bits per heavy atom. The number of nitrogens with zero attached hydrogens (tertiary/aromatic N) is 3. The van der Waals surface area contributed by atoms with Gasteiger partial charge in [-0.15, -0.1) is 0 Å². The third-order valence-electron chi connectivity index (χ3n) is 3.43. The molecular weight excluding hydrogens is 246 g/mol. The Bertz CT molecular complexity index is 593. The number of hydrazone groups is 1. The van der Waals surface area contributed by atoms with Gasteiger partial charge in [0.2, 0.25) is 11.3 Å². The maximum absolute atomic E-state index is 12.5. The summed E-state index contributed by atoms with van der Waals surface area (Å²) < 4.78 is 0. The summed E-state index contributed by atoms with van der Waals surface area (Å²) in [5.74, 6) is -0.325. The van der Waals surface area contributed by atoms with Crippen LogP contribution in [0.3, 0.4) is 0 Å². The van der Waals surface area contributed by atoms with E-state index < -0.39 is 5.60 Å². The molecule has 2 aliphatic heterocycles. The number of amides is 1. The molecule has 1 spiro atoms. The maximum atomic E-state index is 12.5. The van der Waals surface area contributed by atoms with Crippen molar-refractivity contribution in [2.75, 3.05) is 5.01 Å². The summed E-state index contributed by atoms with van der Waals surface area (Å²) in [4.78, 5) is 18.2.